The number of hydrogen-bond acceptors (Lipinski definition) is 3. The average molecular weight is 420 g/mol. The molecule has 4 nitrogen and oxygen atoms in total. The second-order valence-electron chi connectivity index (χ2n) is 4.39. The highest BCUT2D eigenvalue weighted by Gasteiger charge is 2.19. The Bertz CT molecular complexity index is 733. The van der Waals surface area contributed by atoms with Gasteiger partial charge in [-0.3, -0.25) is 4.72 Å². The van der Waals surface area contributed by atoms with Crippen LogP contribution in [0.4, 0.5) is 10.1 Å². The van der Waals surface area contributed by atoms with E-state index in [1.165, 1.54) is 12.1 Å². The molecule has 0 aromatic heterocycles. The zero-order chi connectivity index (χ0) is 15.5. The Hall–Kier alpha value is -1.19. The van der Waals surface area contributed by atoms with Gasteiger partial charge >= 0.3 is 0 Å². The van der Waals surface area contributed by atoms with Crippen molar-refractivity contribution >= 4 is 38.3 Å². The molecule has 0 radical (unpaired) electrons. The monoisotopic (exact) mass is 420 g/mol. The molecule has 2 aromatic carbocycles. The van der Waals surface area contributed by atoms with Gasteiger partial charge in [0.25, 0.3) is 10.0 Å². The molecule has 0 saturated carbocycles. The van der Waals surface area contributed by atoms with Crippen molar-refractivity contribution in [2.75, 3.05) is 11.8 Å². The van der Waals surface area contributed by atoms with Gasteiger partial charge in [0.05, 0.1) is 4.90 Å². The van der Waals surface area contributed by atoms with E-state index in [9.17, 15) is 12.8 Å². The molecule has 0 aliphatic heterocycles. The van der Waals surface area contributed by atoms with E-state index in [0.29, 0.717) is 17.8 Å². The van der Waals surface area contributed by atoms with Crippen LogP contribution in [0.2, 0.25) is 0 Å². The van der Waals surface area contributed by atoms with Crippen molar-refractivity contribution in [3.63, 3.8) is 0 Å². The maximum atomic E-state index is 13.4. The largest absolute Gasteiger partial charge is 0.316 e. The smallest absolute Gasteiger partial charge is 0.262 e. The highest BCUT2D eigenvalue weighted by Crippen LogP contribution is 2.21. The summed E-state index contributed by atoms with van der Waals surface area (Å²) in [5.74, 6) is -0.585. The Balaban J connectivity index is 2.39. The predicted molar refractivity (Wildman–Crippen MR) is 89.1 cm³/mol. The number of benzene rings is 2. The fourth-order valence-electron chi connectivity index (χ4n) is 1.84. The molecule has 2 aromatic rings. The Labute approximate surface area is 137 Å². The maximum Gasteiger partial charge on any atom is 0.262 e. The van der Waals surface area contributed by atoms with Gasteiger partial charge in [0.1, 0.15) is 5.82 Å². The van der Waals surface area contributed by atoms with E-state index in [2.05, 4.69) is 32.6 Å². The number of nitrogens with one attached hydrogen (secondary N) is 2. The minimum absolute atomic E-state index is 0.0598. The second-order valence-corrected chi connectivity index (χ2v) is 7.29. The summed E-state index contributed by atoms with van der Waals surface area (Å²) in [4.78, 5) is -0.0598. The Kier molecular flexibility index (Phi) is 5.17. The van der Waals surface area contributed by atoms with E-state index in [1.54, 1.807) is 31.3 Å². The molecule has 0 aliphatic carbocycles. The number of sulfonamides is 1. The topological polar surface area (TPSA) is 58.2 Å². The first-order chi connectivity index (χ1) is 9.92. The van der Waals surface area contributed by atoms with Crippen LogP contribution in [0.25, 0.3) is 0 Å². The van der Waals surface area contributed by atoms with Crippen LogP contribution in [-0.2, 0) is 16.6 Å². The molecule has 7 heteroatoms. The highest BCUT2D eigenvalue weighted by molar-refractivity contribution is 14.1. The van der Waals surface area contributed by atoms with Crippen LogP contribution in [0.5, 0.6) is 0 Å². The van der Waals surface area contributed by atoms with Crippen LogP contribution >= 0.6 is 22.6 Å². The minimum atomic E-state index is -3.83. The molecule has 112 valence electrons. The van der Waals surface area contributed by atoms with Crippen molar-refractivity contribution in [2.24, 2.45) is 0 Å². The Morgan fingerprint density at radius 3 is 2.43 bits per heavy atom. The van der Waals surface area contributed by atoms with E-state index < -0.39 is 15.8 Å². The van der Waals surface area contributed by atoms with Gasteiger partial charge in [-0.1, -0.05) is 6.07 Å². The molecular formula is C14H14FIN2O2S. The molecule has 0 heterocycles. The predicted octanol–water partition coefficient (Wildman–Crippen LogP) is 2.95. The quantitative estimate of drug-likeness (QED) is 0.732. The maximum absolute atomic E-state index is 13.4. The summed E-state index contributed by atoms with van der Waals surface area (Å²) in [6.07, 6.45) is 0. The number of halogens is 2. The normalized spacial score (nSPS) is 11.4. The van der Waals surface area contributed by atoms with Gasteiger partial charge in [-0.2, -0.15) is 0 Å². The van der Waals surface area contributed by atoms with Gasteiger partial charge in [0.2, 0.25) is 0 Å². The van der Waals surface area contributed by atoms with Crippen molar-refractivity contribution in [1.29, 1.82) is 0 Å². The molecule has 0 unspecified atom stereocenters. The van der Waals surface area contributed by atoms with Gasteiger partial charge in [-0.15, -0.1) is 0 Å². The highest BCUT2D eigenvalue weighted by atomic mass is 127. The summed E-state index contributed by atoms with van der Waals surface area (Å²) in [5.41, 5.74) is 0.951. The lowest BCUT2D eigenvalue weighted by molar-refractivity contribution is 0.592. The third-order valence-corrected chi connectivity index (χ3v) is 4.97. The van der Waals surface area contributed by atoms with Gasteiger partial charge in [0.15, 0.2) is 0 Å². The fourth-order valence-corrected chi connectivity index (χ4v) is 3.51. The first-order valence-electron chi connectivity index (χ1n) is 6.14. The van der Waals surface area contributed by atoms with Crippen LogP contribution in [0, 0.1) is 9.39 Å². The van der Waals surface area contributed by atoms with Crippen LogP contribution < -0.4 is 10.0 Å². The summed E-state index contributed by atoms with van der Waals surface area (Å²) >= 11 is 2.13. The van der Waals surface area contributed by atoms with Crippen molar-refractivity contribution in [3.8, 4) is 0 Å². The summed E-state index contributed by atoms with van der Waals surface area (Å²) in [7, 11) is -2.13. The zero-order valence-electron chi connectivity index (χ0n) is 11.2. The fraction of sp³-hybridized carbons (Fsp3) is 0.143. The third kappa shape index (κ3) is 4.14. The van der Waals surface area contributed by atoms with Gasteiger partial charge < -0.3 is 5.32 Å². The number of rotatable bonds is 5. The zero-order valence-corrected chi connectivity index (χ0v) is 14.2. The van der Waals surface area contributed by atoms with E-state index in [1.807, 2.05) is 0 Å². The summed E-state index contributed by atoms with van der Waals surface area (Å²) in [6.45, 7) is 0.337. The molecule has 0 amide bonds. The lowest BCUT2D eigenvalue weighted by Gasteiger charge is -2.12. The van der Waals surface area contributed by atoms with Crippen LogP contribution in [0.1, 0.15) is 5.56 Å². The lowest BCUT2D eigenvalue weighted by atomic mass is 10.2. The standard InChI is InChI=1S/C14H14FIN2O2S/c1-17-9-10-2-3-11(15)8-14(10)21(19,20)18-13-6-4-12(16)5-7-13/h2-8,17-18H,9H2,1H3. The summed E-state index contributed by atoms with van der Waals surface area (Å²) < 4.78 is 41.7. The van der Waals surface area contributed by atoms with Gasteiger partial charge in [-0.05, 0) is 71.6 Å². The minimum Gasteiger partial charge on any atom is -0.316 e. The van der Waals surface area contributed by atoms with Crippen molar-refractivity contribution < 1.29 is 12.8 Å². The molecule has 0 saturated heterocycles. The summed E-state index contributed by atoms with van der Waals surface area (Å²) in [6, 6.07) is 10.6. The van der Waals surface area contributed by atoms with Crippen LogP contribution in [0.3, 0.4) is 0 Å². The Morgan fingerprint density at radius 2 is 1.81 bits per heavy atom. The molecule has 2 rings (SSSR count). The van der Waals surface area contributed by atoms with E-state index in [4.69, 9.17) is 0 Å². The molecule has 0 aliphatic rings. The molecule has 0 fully saturated rings. The molecule has 2 N–H and O–H groups in total. The second kappa shape index (κ2) is 6.71. The van der Waals surface area contributed by atoms with Gasteiger partial charge in [0, 0.05) is 15.8 Å². The molecule has 0 atom stereocenters. The van der Waals surface area contributed by atoms with E-state index in [0.717, 1.165) is 9.64 Å². The van der Waals surface area contributed by atoms with Crippen molar-refractivity contribution in [2.45, 2.75) is 11.4 Å². The van der Waals surface area contributed by atoms with Crippen LogP contribution in [-0.4, -0.2) is 15.5 Å². The molecule has 0 spiro atoms. The third-order valence-electron chi connectivity index (χ3n) is 2.78. The van der Waals surface area contributed by atoms with Crippen molar-refractivity contribution in [1.82, 2.24) is 5.32 Å². The van der Waals surface area contributed by atoms with E-state index >= 15 is 0 Å². The Morgan fingerprint density at radius 1 is 1.14 bits per heavy atom. The lowest BCUT2D eigenvalue weighted by Crippen LogP contribution is -2.17. The average Bonchev–Trinajstić information content (AvgIpc) is 2.43. The SMILES string of the molecule is CNCc1ccc(F)cc1S(=O)(=O)Nc1ccc(I)cc1. The van der Waals surface area contributed by atoms with Crippen LogP contribution in [0.15, 0.2) is 47.4 Å². The van der Waals surface area contributed by atoms with Crippen molar-refractivity contribution in [3.05, 3.63) is 57.4 Å². The summed E-state index contributed by atoms with van der Waals surface area (Å²) in [5, 5.41) is 2.87. The molecular weight excluding hydrogens is 406 g/mol. The van der Waals surface area contributed by atoms with E-state index in [-0.39, 0.29) is 4.90 Å². The number of hydrogen-bond donors (Lipinski definition) is 2. The molecule has 0 bridgehead atoms. The first-order valence-corrected chi connectivity index (χ1v) is 8.70. The number of anilines is 1. The molecule has 21 heavy (non-hydrogen) atoms. The van der Waals surface area contributed by atoms with Gasteiger partial charge in [-0.25, -0.2) is 12.8 Å². The first kappa shape index (κ1) is 16.2.